The summed E-state index contributed by atoms with van der Waals surface area (Å²) >= 11 is 0. The van der Waals surface area contributed by atoms with Crippen LogP contribution in [0.4, 0.5) is 0 Å². The van der Waals surface area contributed by atoms with Gasteiger partial charge in [-0.05, 0) is 32.1 Å². The number of carbonyl (C=O) groups excluding carboxylic acids is 1. The van der Waals surface area contributed by atoms with E-state index in [-0.39, 0.29) is 5.41 Å². The third kappa shape index (κ3) is 0.764. The lowest BCUT2D eigenvalue weighted by atomic mass is 9.60. The van der Waals surface area contributed by atoms with Crippen molar-refractivity contribution in [1.29, 1.82) is 0 Å². The van der Waals surface area contributed by atoms with Crippen LogP contribution in [0.1, 0.15) is 38.5 Å². The molecule has 0 radical (unpaired) electrons. The summed E-state index contributed by atoms with van der Waals surface area (Å²) < 4.78 is 0. The van der Waals surface area contributed by atoms with Gasteiger partial charge >= 0.3 is 0 Å². The lowest BCUT2D eigenvalue weighted by Crippen LogP contribution is -2.52. The minimum atomic E-state index is 0.164. The highest BCUT2D eigenvalue weighted by molar-refractivity contribution is 5.90. The summed E-state index contributed by atoms with van der Waals surface area (Å²) in [5, 5.41) is 3.58. The molecule has 0 aromatic heterocycles. The van der Waals surface area contributed by atoms with E-state index >= 15 is 0 Å². The Morgan fingerprint density at radius 3 is 2.33 bits per heavy atom. The number of piperidine rings is 1. The van der Waals surface area contributed by atoms with E-state index < -0.39 is 0 Å². The van der Waals surface area contributed by atoms with Crippen molar-refractivity contribution in [3.63, 3.8) is 0 Å². The summed E-state index contributed by atoms with van der Waals surface area (Å²) in [5.74, 6) is 0.556. The second kappa shape index (κ2) is 2.11. The fourth-order valence-electron chi connectivity index (χ4n) is 3.26. The fraction of sp³-hybridized carbons (Fsp3) is 0.900. The van der Waals surface area contributed by atoms with Crippen molar-refractivity contribution in [2.75, 3.05) is 0 Å². The van der Waals surface area contributed by atoms with Crippen molar-refractivity contribution in [1.82, 2.24) is 5.32 Å². The molecule has 3 rings (SSSR count). The van der Waals surface area contributed by atoms with E-state index in [0.29, 0.717) is 17.9 Å². The second-order valence-corrected chi connectivity index (χ2v) is 4.75. The van der Waals surface area contributed by atoms with Gasteiger partial charge in [0.25, 0.3) is 0 Å². The van der Waals surface area contributed by atoms with Crippen LogP contribution >= 0.6 is 0 Å². The fourth-order valence-corrected chi connectivity index (χ4v) is 3.26. The van der Waals surface area contributed by atoms with Crippen LogP contribution in [0.3, 0.4) is 0 Å². The SMILES string of the molecule is O=C1CCC12CC1CC[C@H](C2)N1. The van der Waals surface area contributed by atoms with Gasteiger partial charge in [-0.25, -0.2) is 0 Å². The van der Waals surface area contributed by atoms with Gasteiger partial charge in [0, 0.05) is 23.9 Å². The zero-order valence-corrected chi connectivity index (χ0v) is 7.31. The molecule has 2 bridgehead atoms. The Labute approximate surface area is 72.7 Å². The largest absolute Gasteiger partial charge is 0.311 e. The van der Waals surface area contributed by atoms with Gasteiger partial charge in [0.05, 0.1) is 0 Å². The maximum atomic E-state index is 11.5. The number of fused-ring (bicyclic) bond motifs is 2. The zero-order chi connectivity index (χ0) is 8.18. The topological polar surface area (TPSA) is 29.1 Å². The van der Waals surface area contributed by atoms with Crippen molar-refractivity contribution < 1.29 is 4.79 Å². The number of hydrogen-bond acceptors (Lipinski definition) is 2. The first kappa shape index (κ1) is 7.07. The standard InChI is InChI=1S/C10H15NO/c12-9-3-4-10(9)5-7-1-2-8(6-10)11-7/h7-8,11H,1-6H2/t7-,8?,10?/m1/s1. The molecule has 2 unspecified atom stereocenters. The van der Waals surface area contributed by atoms with E-state index in [1.807, 2.05) is 0 Å². The number of rotatable bonds is 0. The second-order valence-electron chi connectivity index (χ2n) is 4.75. The van der Waals surface area contributed by atoms with Crippen molar-refractivity contribution in [3.8, 4) is 0 Å². The predicted molar refractivity (Wildman–Crippen MR) is 45.9 cm³/mol. The summed E-state index contributed by atoms with van der Waals surface area (Å²) in [4.78, 5) is 11.5. The average Bonchev–Trinajstić information content (AvgIpc) is 2.43. The molecule has 2 aliphatic heterocycles. The van der Waals surface area contributed by atoms with E-state index in [4.69, 9.17) is 0 Å². The Balaban J connectivity index is 1.86. The Hall–Kier alpha value is -0.370. The first-order chi connectivity index (χ1) is 5.78. The monoisotopic (exact) mass is 165 g/mol. The molecule has 2 saturated heterocycles. The van der Waals surface area contributed by atoms with Crippen LogP contribution in [0, 0.1) is 5.41 Å². The third-order valence-electron chi connectivity index (χ3n) is 4.03. The minimum Gasteiger partial charge on any atom is -0.311 e. The van der Waals surface area contributed by atoms with E-state index in [1.165, 1.54) is 19.3 Å². The van der Waals surface area contributed by atoms with Crippen molar-refractivity contribution >= 4 is 5.78 Å². The summed E-state index contributed by atoms with van der Waals surface area (Å²) in [6.45, 7) is 0. The van der Waals surface area contributed by atoms with E-state index in [1.54, 1.807) is 0 Å². The van der Waals surface area contributed by atoms with Gasteiger partial charge in [-0.15, -0.1) is 0 Å². The highest BCUT2D eigenvalue weighted by Crippen LogP contribution is 2.50. The Kier molecular flexibility index (Phi) is 1.24. The van der Waals surface area contributed by atoms with Gasteiger partial charge in [-0.2, -0.15) is 0 Å². The molecular formula is C10H15NO. The Bertz CT molecular complexity index is 224. The number of hydrogen-bond donors (Lipinski definition) is 1. The maximum absolute atomic E-state index is 11.5. The number of nitrogens with one attached hydrogen (secondary N) is 1. The van der Waals surface area contributed by atoms with Crippen LogP contribution in [-0.2, 0) is 4.79 Å². The average molecular weight is 165 g/mol. The molecule has 66 valence electrons. The van der Waals surface area contributed by atoms with Crippen molar-refractivity contribution in [3.05, 3.63) is 0 Å². The molecule has 2 nitrogen and oxygen atoms in total. The van der Waals surface area contributed by atoms with Crippen LogP contribution in [0.5, 0.6) is 0 Å². The normalized spacial score (nSPS) is 51.2. The van der Waals surface area contributed by atoms with Crippen molar-refractivity contribution in [2.24, 2.45) is 5.41 Å². The van der Waals surface area contributed by atoms with Gasteiger partial charge in [-0.3, -0.25) is 4.79 Å². The molecule has 3 fully saturated rings. The summed E-state index contributed by atoms with van der Waals surface area (Å²) in [7, 11) is 0. The van der Waals surface area contributed by atoms with Gasteiger partial charge < -0.3 is 5.32 Å². The van der Waals surface area contributed by atoms with E-state index in [9.17, 15) is 4.79 Å². The summed E-state index contributed by atoms with van der Waals surface area (Å²) in [6.07, 6.45) is 6.93. The highest BCUT2D eigenvalue weighted by Gasteiger charge is 2.52. The summed E-state index contributed by atoms with van der Waals surface area (Å²) in [6, 6.07) is 1.35. The molecular weight excluding hydrogens is 150 g/mol. The van der Waals surface area contributed by atoms with Crippen molar-refractivity contribution in [2.45, 2.75) is 50.6 Å². The molecule has 1 saturated carbocycles. The minimum absolute atomic E-state index is 0.164. The highest BCUT2D eigenvalue weighted by atomic mass is 16.1. The zero-order valence-electron chi connectivity index (χ0n) is 7.31. The van der Waals surface area contributed by atoms with Gasteiger partial charge in [0.2, 0.25) is 0 Å². The van der Waals surface area contributed by atoms with Gasteiger partial charge in [0.1, 0.15) is 5.78 Å². The Morgan fingerprint density at radius 2 is 1.92 bits per heavy atom. The van der Waals surface area contributed by atoms with Gasteiger partial charge in [-0.1, -0.05) is 0 Å². The number of ketones is 1. The Morgan fingerprint density at radius 1 is 1.25 bits per heavy atom. The molecule has 3 aliphatic rings. The van der Waals surface area contributed by atoms with Crippen LogP contribution in [-0.4, -0.2) is 17.9 Å². The number of Topliss-reactive ketones (excluding diaryl/α,β-unsaturated/α-hetero) is 1. The van der Waals surface area contributed by atoms with Crippen LogP contribution in [0.2, 0.25) is 0 Å². The van der Waals surface area contributed by atoms with Gasteiger partial charge in [0.15, 0.2) is 0 Å². The molecule has 3 atom stereocenters. The molecule has 0 aromatic rings. The smallest absolute Gasteiger partial charge is 0.139 e. The quantitative estimate of drug-likeness (QED) is 0.585. The predicted octanol–water partition coefficient (Wildman–Crippen LogP) is 1.25. The van der Waals surface area contributed by atoms with Crippen LogP contribution in [0.25, 0.3) is 0 Å². The summed E-state index contributed by atoms with van der Waals surface area (Å²) in [5.41, 5.74) is 0.164. The number of carbonyl (C=O) groups is 1. The lowest BCUT2D eigenvalue weighted by molar-refractivity contribution is -0.141. The maximum Gasteiger partial charge on any atom is 0.139 e. The lowest BCUT2D eigenvalue weighted by Gasteiger charge is -2.46. The molecule has 1 aliphatic carbocycles. The molecule has 1 N–H and O–H groups in total. The molecule has 2 heterocycles. The first-order valence-corrected chi connectivity index (χ1v) is 5.08. The molecule has 0 amide bonds. The third-order valence-corrected chi connectivity index (χ3v) is 4.03. The van der Waals surface area contributed by atoms with Crippen LogP contribution in [0.15, 0.2) is 0 Å². The molecule has 12 heavy (non-hydrogen) atoms. The molecule has 1 spiro atoms. The first-order valence-electron chi connectivity index (χ1n) is 5.08. The van der Waals surface area contributed by atoms with Crippen LogP contribution < -0.4 is 5.32 Å². The molecule has 2 heteroatoms. The molecule has 0 aromatic carbocycles. The van der Waals surface area contributed by atoms with E-state index in [0.717, 1.165) is 19.3 Å². The van der Waals surface area contributed by atoms with E-state index in [2.05, 4.69) is 5.32 Å².